The molecule has 0 spiro atoms. The summed E-state index contributed by atoms with van der Waals surface area (Å²) in [4.78, 5) is 33.1. The van der Waals surface area contributed by atoms with Crippen molar-refractivity contribution in [3.05, 3.63) is 37.9 Å². The molecule has 0 aliphatic rings. The third-order valence-electron chi connectivity index (χ3n) is 2.37. The van der Waals surface area contributed by atoms with Crippen LogP contribution in [-0.2, 0) is 20.7 Å². The van der Waals surface area contributed by atoms with E-state index in [0.29, 0.717) is 0 Å². The fraction of sp³-hybridized carbons (Fsp3) is 0.333. The molecule has 108 valence electrons. The van der Waals surface area contributed by atoms with E-state index in [0.717, 1.165) is 0 Å². The van der Waals surface area contributed by atoms with E-state index < -0.39 is 28.8 Å². The van der Waals surface area contributed by atoms with Crippen LogP contribution < -0.4 is 0 Å². The maximum absolute atomic E-state index is 11.7. The summed E-state index contributed by atoms with van der Waals surface area (Å²) < 4.78 is 4.63. The number of nitro groups is 1. The van der Waals surface area contributed by atoms with Crippen molar-refractivity contribution in [1.82, 2.24) is 0 Å². The summed E-state index contributed by atoms with van der Waals surface area (Å²) in [6, 6.07) is 2.71. The van der Waals surface area contributed by atoms with Crippen molar-refractivity contribution in [3.63, 3.8) is 0 Å². The topological polar surface area (TPSA) is 86.5 Å². The smallest absolute Gasteiger partial charge is 0.313 e. The van der Waals surface area contributed by atoms with Gasteiger partial charge in [-0.3, -0.25) is 19.7 Å². The molecule has 1 aromatic carbocycles. The molecule has 1 rings (SSSR count). The number of Topliss-reactive ketones (excluding diaryl/α,β-unsaturated/α-hetero) is 1. The highest BCUT2D eigenvalue weighted by molar-refractivity contribution is 6.43. The number of rotatable bonds is 6. The molecule has 20 heavy (non-hydrogen) atoms. The Bertz CT molecular complexity index is 559. The number of carbonyl (C=O) groups is 2. The number of esters is 1. The lowest BCUT2D eigenvalue weighted by Gasteiger charge is -2.05. The van der Waals surface area contributed by atoms with Crippen molar-refractivity contribution in [2.75, 3.05) is 6.61 Å². The van der Waals surface area contributed by atoms with Gasteiger partial charge in [0.15, 0.2) is 0 Å². The molecular formula is C12H11Cl2NO5. The Balaban J connectivity index is 2.93. The van der Waals surface area contributed by atoms with Gasteiger partial charge in [-0.15, -0.1) is 0 Å². The highest BCUT2D eigenvalue weighted by atomic mass is 35.5. The third-order valence-corrected chi connectivity index (χ3v) is 3.16. The van der Waals surface area contributed by atoms with Gasteiger partial charge in [0.05, 0.1) is 16.6 Å². The first-order chi connectivity index (χ1) is 9.36. The Hall–Kier alpha value is -1.66. The number of nitrogens with zero attached hydrogens (tertiary/aromatic N) is 1. The first kappa shape index (κ1) is 16.4. The van der Waals surface area contributed by atoms with Gasteiger partial charge in [0.2, 0.25) is 0 Å². The fourth-order valence-corrected chi connectivity index (χ4v) is 1.97. The highest BCUT2D eigenvalue weighted by Gasteiger charge is 2.23. The van der Waals surface area contributed by atoms with Crippen LogP contribution in [0.1, 0.15) is 18.9 Å². The van der Waals surface area contributed by atoms with Crippen LogP contribution in [0.4, 0.5) is 5.69 Å². The molecule has 6 nitrogen and oxygen atoms in total. The first-order valence-electron chi connectivity index (χ1n) is 5.65. The zero-order chi connectivity index (χ0) is 15.3. The molecule has 0 fully saturated rings. The fourth-order valence-electron chi connectivity index (χ4n) is 1.57. The van der Waals surface area contributed by atoms with E-state index in [9.17, 15) is 19.7 Å². The lowest BCUT2D eigenvalue weighted by Crippen LogP contribution is -2.13. The van der Waals surface area contributed by atoms with Crippen LogP contribution in [0.3, 0.4) is 0 Å². The van der Waals surface area contributed by atoms with Crippen molar-refractivity contribution in [1.29, 1.82) is 0 Å². The largest absolute Gasteiger partial charge is 0.466 e. The van der Waals surface area contributed by atoms with Crippen LogP contribution in [0.2, 0.25) is 10.0 Å². The second kappa shape index (κ2) is 7.21. The Morgan fingerprint density at radius 1 is 1.35 bits per heavy atom. The van der Waals surface area contributed by atoms with Gasteiger partial charge in [0, 0.05) is 12.0 Å². The van der Waals surface area contributed by atoms with Gasteiger partial charge < -0.3 is 4.74 Å². The Kier molecular flexibility index (Phi) is 5.91. The van der Waals surface area contributed by atoms with E-state index in [4.69, 9.17) is 23.2 Å². The maximum Gasteiger partial charge on any atom is 0.313 e. The number of hydrogen-bond acceptors (Lipinski definition) is 5. The molecule has 0 aliphatic carbocycles. The minimum Gasteiger partial charge on any atom is -0.466 e. The molecule has 0 amide bonds. The molecule has 1 aromatic rings. The monoisotopic (exact) mass is 319 g/mol. The van der Waals surface area contributed by atoms with Gasteiger partial charge in [-0.25, -0.2) is 0 Å². The van der Waals surface area contributed by atoms with E-state index in [1.165, 1.54) is 12.1 Å². The molecule has 0 aliphatic heterocycles. The van der Waals surface area contributed by atoms with E-state index in [1.807, 2.05) is 0 Å². The Morgan fingerprint density at radius 3 is 2.55 bits per heavy atom. The number of halogens is 2. The summed E-state index contributed by atoms with van der Waals surface area (Å²) in [6.45, 7) is 1.78. The molecule has 0 saturated heterocycles. The van der Waals surface area contributed by atoms with Crippen molar-refractivity contribution in [2.24, 2.45) is 0 Å². The molecule has 8 heteroatoms. The molecule has 0 bridgehead atoms. The van der Waals surface area contributed by atoms with Crippen LogP contribution >= 0.6 is 23.2 Å². The van der Waals surface area contributed by atoms with E-state index in [2.05, 4.69) is 4.74 Å². The lowest BCUT2D eigenvalue weighted by atomic mass is 10.1. The SMILES string of the molecule is CCOC(=O)CC(=O)Cc1ccc(Cl)c(Cl)c1[N+](=O)[O-]. The molecular weight excluding hydrogens is 309 g/mol. The molecule has 0 unspecified atom stereocenters. The van der Waals surface area contributed by atoms with Gasteiger partial charge in [0.25, 0.3) is 5.69 Å². The first-order valence-corrected chi connectivity index (χ1v) is 6.41. The summed E-state index contributed by atoms with van der Waals surface area (Å²) >= 11 is 11.5. The number of ketones is 1. The predicted octanol–water partition coefficient (Wildman–Crippen LogP) is 2.97. The Morgan fingerprint density at radius 2 is 2.00 bits per heavy atom. The lowest BCUT2D eigenvalue weighted by molar-refractivity contribution is -0.385. The van der Waals surface area contributed by atoms with E-state index in [-0.39, 0.29) is 28.6 Å². The van der Waals surface area contributed by atoms with Crippen LogP contribution in [0.15, 0.2) is 12.1 Å². The minimum absolute atomic E-state index is 0.0277. The van der Waals surface area contributed by atoms with Gasteiger partial charge in [-0.2, -0.15) is 0 Å². The average Bonchev–Trinajstić information content (AvgIpc) is 2.33. The van der Waals surface area contributed by atoms with Crippen molar-refractivity contribution >= 4 is 40.6 Å². The number of nitro benzene ring substituents is 1. The molecule has 0 radical (unpaired) electrons. The number of benzene rings is 1. The predicted molar refractivity (Wildman–Crippen MR) is 73.1 cm³/mol. The van der Waals surface area contributed by atoms with Gasteiger partial charge >= 0.3 is 5.97 Å². The zero-order valence-corrected chi connectivity index (χ0v) is 12.0. The molecule has 0 saturated carbocycles. The number of carbonyl (C=O) groups excluding carboxylic acids is 2. The third kappa shape index (κ3) is 4.18. The zero-order valence-electron chi connectivity index (χ0n) is 10.5. The summed E-state index contributed by atoms with van der Waals surface area (Å²) in [7, 11) is 0. The summed E-state index contributed by atoms with van der Waals surface area (Å²) in [5.41, 5.74) is -0.310. The molecule has 0 heterocycles. The van der Waals surface area contributed by atoms with E-state index in [1.54, 1.807) is 6.92 Å². The average molecular weight is 320 g/mol. The second-order valence-corrected chi connectivity index (χ2v) is 4.61. The minimum atomic E-state index is -0.707. The van der Waals surface area contributed by atoms with Crippen LogP contribution in [0, 0.1) is 10.1 Å². The number of hydrogen-bond donors (Lipinski definition) is 0. The maximum atomic E-state index is 11.7. The standard InChI is InChI=1S/C12H11Cl2NO5/c1-2-20-10(17)6-8(16)5-7-3-4-9(13)11(14)12(7)15(18)19/h3-4H,2,5-6H2,1H3. The quantitative estimate of drug-likeness (QED) is 0.348. The normalized spacial score (nSPS) is 10.2. The highest BCUT2D eigenvalue weighted by Crippen LogP contribution is 2.35. The van der Waals surface area contributed by atoms with Crippen molar-refractivity contribution < 1.29 is 19.2 Å². The van der Waals surface area contributed by atoms with Gasteiger partial charge in [0.1, 0.15) is 17.2 Å². The summed E-state index contributed by atoms with van der Waals surface area (Å²) in [6.07, 6.45) is -0.725. The van der Waals surface area contributed by atoms with Crippen molar-refractivity contribution in [2.45, 2.75) is 19.8 Å². The Labute approximate surface area is 124 Å². The van der Waals surface area contributed by atoms with Gasteiger partial charge in [-0.1, -0.05) is 29.3 Å². The van der Waals surface area contributed by atoms with Crippen molar-refractivity contribution in [3.8, 4) is 0 Å². The van der Waals surface area contributed by atoms with Gasteiger partial charge in [-0.05, 0) is 13.0 Å². The second-order valence-electron chi connectivity index (χ2n) is 3.82. The summed E-state index contributed by atoms with van der Waals surface area (Å²) in [5.74, 6) is -1.16. The van der Waals surface area contributed by atoms with Crippen LogP contribution in [-0.4, -0.2) is 23.3 Å². The van der Waals surface area contributed by atoms with Crippen LogP contribution in [0.25, 0.3) is 0 Å². The summed E-state index contributed by atoms with van der Waals surface area (Å²) in [5, 5.41) is 10.8. The number of ether oxygens (including phenoxy) is 1. The van der Waals surface area contributed by atoms with Crippen LogP contribution in [0.5, 0.6) is 0 Å². The van der Waals surface area contributed by atoms with E-state index >= 15 is 0 Å². The molecule has 0 atom stereocenters. The molecule has 0 N–H and O–H groups in total. The molecule has 0 aromatic heterocycles.